The largest absolute Gasteiger partial charge is 0.468 e. The Kier molecular flexibility index (Phi) is 9.67. The van der Waals surface area contributed by atoms with Crippen LogP contribution in [-0.4, -0.2) is 43.0 Å². The summed E-state index contributed by atoms with van der Waals surface area (Å²) in [6.45, 7) is 17.6. The predicted octanol–water partition coefficient (Wildman–Crippen LogP) is 3.69. The zero-order chi connectivity index (χ0) is 18.2. The van der Waals surface area contributed by atoms with Crippen molar-refractivity contribution in [1.29, 1.82) is 0 Å². The summed E-state index contributed by atoms with van der Waals surface area (Å²) in [5, 5.41) is 3.17. The molecule has 0 aliphatic rings. The van der Waals surface area contributed by atoms with E-state index in [0.29, 0.717) is 13.0 Å². The molecule has 1 N–H and O–H groups in total. The van der Waals surface area contributed by atoms with Gasteiger partial charge in [-0.05, 0) is 18.3 Å². The van der Waals surface area contributed by atoms with Crippen LogP contribution in [0.3, 0.4) is 0 Å². The van der Waals surface area contributed by atoms with Crippen molar-refractivity contribution in [3.63, 3.8) is 0 Å². The first-order valence-electron chi connectivity index (χ1n) is 8.04. The number of hydrogen-bond acceptors (Lipinski definition) is 3. The lowest BCUT2D eigenvalue weighted by atomic mass is 10.0. The van der Waals surface area contributed by atoms with Crippen molar-refractivity contribution in [2.75, 3.05) is 20.3 Å². The highest BCUT2D eigenvalue weighted by molar-refractivity contribution is 7.58. The van der Waals surface area contributed by atoms with Crippen LogP contribution in [0.4, 0.5) is 0 Å². The number of nitrogens with zero attached hydrogens (tertiary/aromatic N) is 1. The Morgan fingerprint density at radius 3 is 2.22 bits per heavy atom. The summed E-state index contributed by atoms with van der Waals surface area (Å²) in [4.78, 5) is 12.2. The van der Waals surface area contributed by atoms with Crippen LogP contribution in [0.2, 0.25) is 0 Å². The third kappa shape index (κ3) is 7.03. The van der Waals surface area contributed by atoms with Crippen molar-refractivity contribution in [3.8, 4) is 0 Å². The van der Waals surface area contributed by atoms with Crippen LogP contribution in [0.25, 0.3) is 0 Å². The van der Waals surface area contributed by atoms with Crippen molar-refractivity contribution in [2.45, 2.75) is 46.2 Å². The fourth-order valence-corrected chi connectivity index (χ4v) is 4.68. The standard InChI is InChI=1S/C17H33N2O3P/c1-9-11-19(16(12-13(3)4)17(20)22-7)23(8,21)18-15(10-2)14(5)6/h9-10,13-16H,1-2,11-12H2,3-8H3,(H,18,21)/t15-,16+,23?/m1/s1. The first-order chi connectivity index (χ1) is 10.6. The maximum atomic E-state index is 13.3. The Bertz CT molecular complexity index is 449. The second-order valence-electron chi connectivity index (χ2n) is 6.59. The molecule has 0 aromatic rings. The van der Waals surface area contributed by atoms with Gasteiger partial charge in [-0.1, -0.05) is 39.8 Å². The Labute approximate surface area is 141 Å². The normalized spacial score (nSPS) is 16.9. The number of hydrogen-bond donors (Lipinski definition) is 1. The van der Waals surface area contributed by atoms with Gasteiger partial charge >= 0.3 is 5.97 Å². The van der Waals surface area contributed by atoms with E-state index in [-0.39, 0.29) is 23.8 Å². The van der Waals surface area contributed by atoms with Gasteiger partial charge in [0, 0.05) is 19.3 Å². The van der Waals surface area contributed by atoms with Gasteiger partial charge in [-0.25, -0.2) is 9.76 Å². The van der Waals surface area contributed by atoms with Gasteiger partial charge in [-0.2, -0.15) is 0 Å². The predicted molar refractivity (Wildman–Crippen MR) is 97.7 cm³/mol. The molecule has 0 rings (SSSR count). The molecule has 1 unspecified atom stereocenters. The molecule has 0 amide bonds. The average Bonchev–Trinajstić information content (AvgIpc) is 2.46. The summed E-state index contributed by atoms with van der Waals surface area (Å²) in [5.74, 6) is 0.142. The van der Waals surface area contributed by atoms with Crippen LogP contribution in [0.5, 0.6) is 0 Å². The fraction of sp³-hybridized carbons (Fsp3) is 0.706. The Hall–Kier alpha value is -0.900. The minimum absolute atomic E-state index is 0.101. The molecule has 0 bridgehead atoms. The fourth-order valence-electron chi connectivity index (χ4n) is 2.43. The molecule has 0 spiro atoms. The number of rotatable bonds is 11. The molecule has 5 nitrogen and oxygen atoms in total. The van der Waals surface area contributed by atoms with E-state index >= 15 is 0 Å². The van der Waals surface area contributed by atoms with Crippen LogP contribution < -0.4 is 5.09 Å². The number of carbonyl (C=O) groups is 1. The average molecular weight is 344 g/mol. The van der Waals surface area contributed by atoms with Crippen LogP contribution in [0.15, 0.2) is 25.3 Å². The molecule has 0 aromatic carbocycles. The summed E-state index contributed by atoms with van der Waals surface area (Å²) in [7, 11) is -1.63. The Morgan fingerprint density at radius 1 is 1.30 bits per heavy atom. The van der Waals surface area contributed by atoms with E-state index in [1.165, 1.54) is 7.11 Å². The first-order valence-corrected chi connectivity index (χ1v) is 10.1. The molecule has 0 radical (unpaired) electrons. The molecular formula is C17H33N2O3P. The van der Waals surface area contributed by atoms with E-state index in [1.807, 2.05) is 27.7 Å². The topological polar surface area (TPSA) is 58.6 Å². The molecule has 0 aromatic heterocycles. The van der Waals surface area contributed by atoms with E-state index < -0.39 is 13.5 Å². The summed E-state index contributed by atoms with van der Waals surface area (Å²) in [5.41, 5.74) is 0. The maximum absolute atomic E-state index is 13.3. The minimum Gasteiger partial charge on any atom is -0.468 e. The number of esters is 1. The molecule has 3 atom stereocenters. The van der Waals surface area contributed by atoms with Crippen LogP contribution in [0.1, 0.15) is 34.1 Å². The number of ether oxygens (including phenoxy) is 1. The molecule has 6 heteroatoms. The molecule has 0 fully saturated rings. The van der Waals surface area contributed by atoms with Gasteiger partial charge in [0.05, 0.1) is 7.11 Å². The SMILES string of the molecule is C=CCN([C@@H](CC(C)C)C(=O)OC)P(C)(=O)N[C@H](C=C)C(C)C. The van der Waals surface area contributed by atoms with Gasteiger partial charge < -0.3 is 4.74 Å². The summed E-state index contributed by atoms with van der Waals surface area (Å²) < 4.78 is 19.9. The molecule has 0 saturated carbocycles. The second kappa shape index (κ2) is 10.1. The third-order valence-electron chi connectivity index (χ3n) is 3.69. The van der Waals surface area contributed by atoms with Gasteiger partial charge in [0.2, 0.25) is 7.44 Å². The molecular weight excluding hydrogens is 311 g/mol. The van der Waals surface area contributed by atoms with Gasteiger partial charge in [-0.15, -0.1) is 13.2 Å². The van der Waals surface area contributed by atoms with E-state index in [0.717, 1.165) is 0 Å². The summed E-state index contributed by atoms with van der Waals surface area (Å²) in [6, 6.07) is -0.672. The van der Waals surface area contributed by atoms with Crippen LogP contribution >= 0.6 is 7.44 Å². The van der Waals surface area contributed by atoms with E-state index in [9.17, 15) is 9.36 Å². The Balaban J connectivity index is 5.60. The van der Waals surface area contributed by atoms with E-state index in [4.69, 9.17) is 4.74 Å². The highest BCUT2D eigenvalue weighted by atomic mass is 31.2. The van der Waals surface area contributed by atoms with Crippen molar-refractivity contribution in [1.82, 2.24) is 9.76 Å². The third-order valence-corrected chi connectivity index (χ3v) is 5.89. The van der Waals surface area contributed by atoms with Crippen LogP contribution in [-0.2, 0) is 14.1 Å². The van der Waals surface area contributed by atoms with Gasteiger partial charge in [0.15, 0.2) is 0 Å². The van der Waals surface area contributed by atoms with Gasteiger partial charge in [0.1, 0.15) is 6.04 Å². The Morgan fingerprint density at radius 2 is 1.87 bits per heavy atom. The quantitative estimate of drug-likeness (QED) is 0.352. The number of nitrogens with one attached hydrogen (secondary N) is 1. The summed E-state index contributed by atoms with van der Waals surface area (Å²) in [6.07, 6.45) is 3.98. The van der Waals surface area contributed by atoms with Gasteiger partial charge in [-0.3, -0.25) is 9.36 Å². The number of carbonyl (C=O) groups excluding carboxylic acids is 1. The van der Waals surface area contributed by atoms with Crippen LogP contribution in [0, 0.1) is 11.8 Å². The first kappa shape index (κ1) is 22.1. The lowest BCUT2D eigenvalue weighted by molar-refractivity contribution is -0.145. The molecule has 0 aliphatic carbocycles. The minimum atomic E-state index is -2.99. The highest BCUT2D eigenvalue weighted by Gasteiger charge is 2.37. The van der Waals surface area contributed by atoms with Crippen molar-refractivity contribution < 1.29 is 14.1 Å². The zero-order valence-electron chi connectivity index (χ0n) is 15.4. The highest BCUT2D eigenvalue weighted by Crippen LogP contribution is 2.45. The molecule has 134 valence electrons. The molecule has 0 saturated heterocycles. The van der Waals surface area contributed by atoms with E-state index in [1.54, 1.807) is 23.5 Å². The molecule has 23 heavy (non-hydrogen) atoms. The molecule has 0 heterocycles. The lowest BCUT2D eigenvalue weighted by Crippen LogP contribution is -2.45. The zero-order valence-corrected chi connectivity index (χ0v) is 16.3. The second-order valence-corrected chi connectivity index (χ2v) is 9.12. The van der Waals surface area contributed by atoms with E-state index in [2.05, 4.69) is 18.2 Å². The maximum Gasteiger partial charge on any atom is 0.323 e. The monoisotopic (exact) mass is 344 g/mol. The number of methoxy groups -OCH3 is 1. The lowest BCUT2D eigenvalue weighted by Gasteiger charge is -2.37. The van der Waals surface area contributed by atoms with Crippen molar-refractivity contribution >= 4 is 13.4 Å². The molecule has 0 aliphatic heterocycles. The summed E-state index contributed by atoms with van der Waals surface area (Å²) >= 11 is 0. The smallest absolute Gasteiger partial charge is 0.323 e. The van der Waals surface area contributed by atoms with Crippen molar-refractivity contribution in [2.24, 2.45) is 11.8 Å². The van der Waals surface area contributed by atoms with Crippen molar-refractivity contribution in [3.05, 3.63) is 25.3 Å². The van der Waals surface area contributed by atoms with Gasteiger partial charge in [0.25, 0.3) is 0 Å².